The maximum atomic E-state index is 5.39. The summed E-state index contributed by atoms with van der Waals surface area (Å²) in [6.07, 6.45) is 5.78. The van der Waals surface area contributed by atoms with Gasteiger partial charge < -0.3 is 9.73 Å². The van der Waals surface area contributed by atoms with Crippen molar-refractivity contribution in [3.05, 3.63) is 18.1 Å². The highest BCUT2D eigenvalue weighted by Crippen LogP contribution is 2.37. The first-order valence-corrected chi connectivity index (χ1v) is 7.52. The fraction of sp³-hybridized carbons (Fsp3) is 0.714. The van der Waals surface area contributed by atoms with Crippen molar-refractivity contribution in [2.75, 3.05) is 6.54 Å². The van der Waals surface area contributed by atoms with E-state index in [2.05, 4.69) is 32.2 Å². The van der Waals surface area contributed by atoms with Crippen LogP contribution in [0.15, 0.2) is 21.6 Å². The molecule has 0 radical (unpaired) electrons. The highest BCUT2D eigenvalue weighted by atomic mass is 32.2. The molecule has 2 nitrogen and oxygen atoms in total. The first kappa shape index (κ1) is 13.0. The highest BCUT2D eigenvalue weighted by Gasteiger charge is 2.29. The monoisotopic (exact) mass is 253 g/mol. The molecule has 0 spiro atoms. The summed E-state index contributed by atoms with van der Waals surface area (Å²) < 4.78 is 5.39. The van der Waals surface area contributed by atoms with Gasteiger partial charge in [-0.3, -0.25) is 0 Å². The Morgan fingerprint density at radius 3 is 2.94 bits per heavy atom. The molecule has 0 bridgehead atoms. The molecule has 0 saturated heterocycles. The van der Waals surface area contributed by atoms with Gasteiger partial charge in [-0.1, -0.05) is 13.8 Å². The van der Waals surface area contributed by atoms with Crippen LogP contribution in [-0.2, 0) is 0 Å². The predicted octanol–water partition coefficient (Wildman–Crippen LogP) is 3.85. The van der Waals surface area contributed by atoms with Gasteiger partial charge in [-0.2, -0.15) is 0 Å². The summed E-state index contributed by atoms with van der Waals surface area (Å²) in [6.45, 7) is 7.69. The van der Waals surface area contributed by atoms with Crippen molar-refractivity contribution in [3.8, 4) is 0 Å². The minimum atomic E-state index is 0.662. The van der Waals surface area contributed by atoms with E-state index in [1.165, 1.54) is 24.2 Å². The lowest BCUT2D eigenvalue weighted by atomic mass is 9.87. The van der Waals surface area contributed by atoms with Crippen molar-refractivity contribution in [2.45, 2.75) is 56.2 Å². The van der Waals surface area contributed by atoms with Crippen molar-refractivity contribution < 1.29 is 4.42 Å². The van der Waals surface area contributed by atoms with Crippen molar-refractivity contribution in [3.63, 3.8) is 0 Å². The quantitative estimate of drug-likeness (QED) is 0.882. The molecule has 1 saturated carbocycles. The Morgan fingerprint density at radius 2 is 2.29 bits per heavy atom. The standard InChI is InChI=1S/C14H23NOS/c1-4-15-12-6-5-10(2)9-14(12)17-13-7-8-16-11(13)3/h7-8,10,12,14-15H,4-6,9H2,1-3H3. The van der Waals surface area contributed by atoms with Gasteiger partial charge in [0, 0.05) is 16.2 Å². The maximum Gasteiger partial charge on any atom is 0.114 e. The van der Waals surface area contributed by atoms with Crippen LogP contribution in [0, 0.1) is 12.8 Å². The topological polar surface area (TPSA) is 25.2 Å². The summed E-state index contributed by atoms with van der Waals surface area (Å²) in [6, 6.07) is 2.76. The number of thioether (sulfide) groups is 1. The van der Waals surface area contributed by atoms with E-state index in [4.69, 9.17) is 4.42 Å². The molecule has 2 rings (SSSR count). The smallest absolute Gasteiger partial charge is 0.114 e. The minimum absolute atomic E-state index is 0.662. The summed E-state index contributed by atoms with van der Waals surface area (Å²) >= 11 is 1.99. The van der Waals surface area contributed by atoms with E-state index >= 15 is 0 Å². The summed E-state index contributed by atoms with van der Waals surface area (Å²) in [5.41, 5.74) is 0. The fourth-order valence-electron chi connectivity index (χ4n) is 2.61. The average Bonchev–Trinajstić information content (AvgIpc) is 2.69. The SMILES string of the molecule is CCNC1CCC(C)CC1Sc1ccoc1C. The predicted molar refractivity (Wildman–Crippen MR) is 73.6 cm³/mol. The van der Waals surface area contributed by atoms with Gasteiger partial charge in [0.1, 0.15) is 5.76 Å². The van der Waals surface area contributed by atoms with Crippen molar-refractivity contribution in [1.29, 1.82) is 0 Å². The molecule has 3 heteroatoms. The minimum Gasteiger partial charge on any atom is -0.468 e. The van der Waals surface area contributed by atoms with E-state index in [1.54, 1.807) is 6.26 Å². The van der Waals surface area contributed by atoms with E-state index in [9.17, 15) is 0 Å². The molecule has 3 atom stereocenters. The van der Waals surface area contributed by atoms with Crippen molar-refractivity contribution >= 4 is 11.8 Å². The molecule has 96 valence electrons. The molecule has 1 aliphatic carbocycles. The zero-order valence-electron chi connectivity index (χ0n) is 11.0. The van der Waals surface area contributed by atoms with Gasteiger partial charge in [-0.05, 0) is 44.7 Å². The molecule has 0 aromatic carbocycles. The molecule has 1 aromatic rings. The Morgan fingerprint density at radius 1 is 1.47 bits per heavy atom. The Labute approximate surface area is 109 Å². The third-order valence-corrected chi connectivity index (χ3v) is 5.11. The molecule has 0 aliphatic heterocycles. The van der Waals surface area contributed by atoms with E-state index in [-0.39, 0.29) is 0 Å². The largest absolute Gasteiger partial charge is 0.468 e. The van der Waals surface area contributed by atoms with Crippen LogP contribution in [0.25, 0.3) is 0 Å². The zero-order valence-corrected chi connectivity index (χ0v) is 11.8. The van der Waals surface area contributed by atoms with Crippen LogP contribution in [0.1, 0.15) is 38.9 Å². The highest BCUT2D eigenvalue weighted by molar-refractivity contribution is 8.00. The third-order valence-electron chi connectivity index (χ3n) is 3.61. The van der Waals surface area contributed by atoms with Crippen LogP contribution >= 0.6 is 11.8 Å². The number of furan rings is 1. The van der Waals surface area contributed by atoms with Crippen molar-refractivity contribution in [2.24, 2.45) is 5.92 Å². The van der Waals surface area contributed by atoms with E-state index in [1.807, 2.05) is 11.8 Å². The Kier molecular flexibility index (Phi) is 4.57. The molecule has 1 fully saturated rings. The van der Waals surface area contributed by atoms with Crippen LogP contribution in [0.4, 0.5) is 0 Å². The first-order valence-electron chi connectivity index (χ1n) is 6.64. The molecule has 1 aliphatic rings. The van der Waals surface area contributed by atoms with Gasteiger partial charge in [-0.15, -0.1) is 11.8 Å². The van der Waals surface area contributed by atoms with E-state index < -0.39 is 0 Å². The van der Waals surface area contributed by atoms with Crippen LogP contribution in [-0.4, -0.2) is 17.8 Å². The number of rotatable bonds is 4. The Bertz CT molecular complexity index is 350. The van der Waals surface area contributed by atoms with Crippen molar-refractivity contribution in [1.82, 2.24) is 5.32 Å². The van der Waals surface area contributed by atoms with Gasteiger partial charge in [0.05, 0.1) is 6.26 Å². The maximum absolute atomic E-state index is 5.39. The van der Waals surface area contributed by atoms with Gasteiger partial charge in [0.2, 0.25) is 0 Å². The molecule has 1 N–H and O–H groups in total. The summed E-state index contributed by atoms with van der Waals surface area (Å²) in [5.74, 6) is 1.91. The summed E-state index contributed by atoms with van der Waals surface area (Å²) in [7, 11) is 0. The number of hydrogen-bond donors (Lipinski definition) is 1. The summed E-state index contributed by atoms with van der Waals surface area (Å²) in [5, 5.41) is 4.33. The van der Waals surface area contributed by atoms with E-state index in [0.29, 0.717) is 11.3 Å². The Balaban J connectivity index is 2.02. The summed E-state index contributed by atoms with van der Waals surface area (Å²) in [4.78, 5) is 1.31. The van der Waals surface area contributed by atoms with Gasteiger partial charge in [-0.25, -0.2) is 0 Å². The normalized spacial score (nSPS) is 29.5. The molecule has 3 unspecified atom stereocenters. The second-order valence-electron chi connectivity index (χ2n) is 5.08. The molecule has 17 heavy (non-hydrogen) atoms. The second kappa shape index (κ2) is 5.96. The zero-order chi connectivity index (χ0) is 12.3. The van der Waals surface area contributed by atoms with Gasteiger partial charge in [0.15, 0.2) is 0 Å². The lowest BCUT2D eigenvalue weighted by Gasteiger charge is -2.34. The van der Waals surface area contributed by atoms with Crippen LogP contribution < -0.4 is 5.32 Å². The lowest BCUT2D eigenvalue weighted by Crippen LogP contribution is -2.42. The van der Waals surface area contributed by atoms with Crippen LogP contribution in [0.3, 0.4) is 0 Å². The number of hydrogen-bond acceptors (Lipinski definition) is 3. The van der Waals surface area contributed by atoms with Crippen LogP contribution in [0.5, 0.6) is 0 Å². The van der Waals surface area contributed by atoms with Crippen LogP contribution in [0.2, 0.25) is 0 Å². The Hall–Kier alpha value is -0.410. The molecular weight excluding hydrogens is 230 g/mol. The molecule has 0 amide bonds. The lowest BCUT2D eigenvalue weighted by molar-refractivity contribution is 0.320. The molecule has 1 heterocycles. The fourth-order valence-corrected chi connectivity index (χ4v) is 4.11. The average molecular weight is 253 g/mol. The number of aryl methyl sites for hydroxylation is 1. The van der Waals surface area contributed by atoms with Gasteiger partial charge in [0.25, 0.3) is 0 Å². The van der Waals surface area contributed by atoms with Gasteiger partial charge >= 0.3 is 0 Å². The van der Waals surface area contributed by atoms with E-state index in [0.717, 1.165) is 18.2 Å². The molecule has 1 aromatic heterocycles. The third kappa shape index (κ3) is 3.29. The first-order chi connectivity index (χ1) is 8.20. The molecular formula is C14H23NOS. The second-order valence-corrected chi connectivity index (χ2v) is 6.36. The number of nitrogens with one attached hydrogen (secondary N) is 1.